The number of anilines is 3. The van der Waals surface area contributed by atoms with Gasteiger partial charge in [-0.1, -0.05) is 42.5 Å². The maximum atomic E-state index is 12.6. The van der Waals surface area contributed by atoms with Gasteiger partial charge < -0.3 is 40.7 Å². The third kappa shape index (κ3) is 13.4. The van der Waals surface area contributed by atoms with Crippen molar-refractivity contribution in [2.75, 3.05) is 42.8 Å². The summed E-state index contributed by atoms with van der Waals surface area (Å²) < 4.78 is 41.9. The molecule has 0 aromatic heterocycles. The first-order valence-electron chi connectivity index (χ1n) is 13.0. The van der Waals surface area contributed by atoms with E-state index < -0.39 is 30.4 Å². The van der Waals surface area contributed by atoms with Gasteiger partial charge in [0.1, 0.15) is 18.5 Å². The Labute approximate surface area is 250 Å². The third-order valence-corrected chi connectivity index (χ3v) is 5.57. The number of carboxylic acids is 1. The van der Waals surface area contributed by atoms with Crippen LogP contribution in [0.1, 0.15) is 5.56 Å². The first kappa shape index (κ1) is 35.3. The fourth-order valence-corrected chi connectivity index (χ4v) is 3.49. The number of aliphatic carboxylic acids is 1. The molecule has 12 nitrogen and oxygen atoms in total. The Hall–Kier alpha value is -4.86. The van der Waals surface area contributed by atoms with Gasteiger partial charge >= 0.3 is 24.3 Å². The van der Waals surface area contributed by atoms with Crippen LogP contribution in [0.4, 0.5) is 39.8 Å². The van der Waals surface area contributed by atoms with Crippen molar-refractivity contribution in [1.82, 2.24) is 5.32 Å². The molecule has 0 aliphatic heterocycles. The highest BCUT2D eigenvalue weighted by Gasteiger charge is 2.38. The minimum Gasteiger partial charge on any atom is -0.491 e. The van der Waals surface area contributed by atoms with Crippen molar-refractivity contribution >= 4 is 35.2 Å². The number of carbonyl (C=O) groups excluding carboxylic acids is 2. The molecule has 0 bridgehead atoms. The maximum Gasteiger partial charge on any atom is 0.490 e. The van der Waals surface area contributed by atoms with Crippen molar-refractivity contribution in [2.24, 2.45) is 0 Å². The Morgan fingerprint density at radius 2 is 1.50 bits per heavy atom. The normalized spacial score (nSPS) is 12.0. The molecule has 0 radical (unpaired) electrons. The number of benzene rings is 3. The van der Waals surface area contributed by atoms with Crippen LogP contribution in [0.5, 0.6) is 5.75 Å². The summed E-state index contributed by atoms with van der Waals surface area (Å²) in [6.45, 7) is 0.181. The fourth-order valence-electron chi connectivity index (χ4n) is 3.49. The Kier molecular flexibility index (Phi) is 14.4. The monoisotopic (exact) mass is 622 g/mol. The highest BCUT2D eigenvalue weighted by Crippen LogP contribution is 2.19. The number of hydrogen-bond donors (Lipinski definition) is 7. The van der Waals surface area contributed by atoms with Gasteiger partial charge in [0.05, 0.1) is 13.7 Å². The number of aliphatic hydroxyl groups is 2. The van der Waals surface area contributed by atoms with Crippen molar-refractivity contribution < 1.29 is 52.3 Å². The van der Waals surface area contributed by atoms with Crippen molar-refractivity contribution in [3.05, 3.63) is 84.4 Å². The summed E-state index contributed by atoms with van der Waals surface area (Å²) in [6, 6.07) is 22.3. The number of hydrogen-bond acceptors (Lipinski definition) is 8. The average molecular weight is 623 g/mol. The van der Waals surface area contributed by atoms with E-state index in [1.165, 1.54) is 7.11 Å². The Morgan fingerprint density at radius 3 is 2.11 bits per heavy atom. The smallest absolute Gasteiger partial charge is 0.490 e. The van der Waals surface area contributed by atoms with Crippen LogP contribution in [0, 0.1) is 0 Å². The molecule has 15 heteroatoms. The highest BCUT2D eigenvalue weighted by molar-refractivity contribution is 6.00. The highest BCUT2D eigenvalue weighted by atomic mass is 19.4. The standard InChI is InChI=1S/C27H32N4O6.C2HF3O2/c1-36-27(35)30-21-10-7-9-20(15-21)29-26(34)31-25-13-6-5-8-19(25)14-22(17-32)28-16-23(33)18-37-24-11-3-2-4-12-24;3-2(4,5)1(6)7/h2-13,15,22-23,28,32-33H,14,16-18H2,1H3,(H,30,35)(H2,29,31,34);(H,6,7)/t22-,23-;/m0./s1. The number of rotatable bonds is 12. The van der Waals surface area contributed by atoms with Crippen molar-refractivity contribution in [2.45, 2.75) is 24.7 Å². The van der Waals surface area contributed by atoms with Crippen LogP contribution in [0.3, 0.4) is 0 Å². The van der Waals surface area contributed by atoms with E-state index in [9.17, 15) is 33.0 Å². The van der Waals surface area contributed by atoms with Crippen molar-refractivity contribution in [3.8, 4) is 5.75 Å². The molecule has 0 unspecified atom stereocenters. The fraction of sp³-hybridized carbons (Fsp3) is 0.276. The number of nitrogens with one attached hydrogen (secondary N) is 4. The van der Waals surface area contributed by atoms with E-state index >= 15 is 0 Å². The van der Waals surface area contributed by atoms with Crippen LogP contribution < -0.4 is 26.0 Å². The summed E-state index contributed by atoms with van der Waals surface area (Å²) in [5.74, 6) is -2.09. The zero-order valence-electron chi connectivity index (χ0n) is 23.5. The lowest BCUT2D eigenvalue weighted by molar-refractivity contribution is -0.192. The molecule has 7 N–H and O–H groups in total. The summed E-state index contributed by atoms with van der Waals surface area (Å²) >= 11 is 0. The number of carboxylic acid groups (broad SMARTS) is 1. The molecule has 2 atom stereocenters. The van der Waals surface area contributed by atoms with Crippen LogP contribution in [0.25, 0.3) is 0 Å². The molecular weight excluding hydrogens is 589 g/mol. The number of alkyl halides is 3. The van der Waals surface area contributed by atoms with Crippen LogP contribution in [-0.4, -0.2) is 78.6 Å². The quantitative estimate of drug-likeness (QED) is 0.157. The molecule has 0 fully saturated rings. The first-order chi connectivity index (χ1) is 20.9. The lowest BCUT2D eigenvalue weighted by Gasteiger charge is -2.21. The van der Waals surface area contributed by atoms with E-state index in [1.54, 1.807) is 36.4 Å². The van der Waals surface area contributed by atoms with Gasteiger partial charge in [-0.2, -0.15) is 13.2 Å². The van der Waals surface area contributed by atoms with Gasteiger partial charge in [-0.15, -0.1) is 0 Å². The predicted octanol–water partition coefficient (Wildman–Crippen LogP) is 4.08. The zero-order valence-corrected chi connectivity index (χ0v) is 23.5. The van der Waals surface area contributed by atoms with E-state index in [0.29, 0.717) is 29.2 Å². The molecule has 0 heterocycles. The lowest BCUT2D eigenvalue weighted by Crippen LogP contribution is -2.41. The molecule has 44 heavy (non-hydrogen) atoms. The predicted molar refractivity (Wildman–Crippen MR) is 156 cm³/mol. The van der Waals surface area contributed by atoms with Gasteiger partial charge in [0.15, 0.2) is 0 Å². The zero-order chi connectivity index (χ0) is 32.5. The molecular formula is C29H33F3N4O8. The first-order valence-corrected chi connectivity index (χ1v) is 13.0. The number of aliphatic hydroxyl groups excluding tert-OH is 2. The van der Waals surface area contributed by atoms with Crippen LogP contribution >= 0.6 is 0 Å². The minimum atomic E-state index is -5.08. The summed E-state index contributed by atoms with van der Waals surface area (Å²) in [4.78, 5) is 32.9. The second-order valence-corrected chi connectivity index (χ2v) is 9.01. The third-order valence-electron chi connectivity index (χ3n) is 5.57. The summed E-state index contributed by atoms with van der Waals surface area (Å²) in [5.41, 5.74) is 2.33. The molecule has 238 valence electrons. The molecule has 0 aliphatic carbocycles. The largest absolute Gasteiger partial charge is 0.491 e. The number of carbonyl (C=O) groups is 3. The van der Waals surface area contributed by atoms with E-state index in [2.05, 4.69) is 26.0 Å². The molecule has 0 spiro atoms. The average Bonchev–Trinajstić information content (AvgIpc) is 2.99. The van der Waals surface area contributed by atoms with E-state index in [1.807, 2.05) is 42.5 Å². The van der Waals surface area contributed by atoms with Crippen LogP contribution in [-0.2, 0) is 16.0 Å². The molecule has 3 aromatic rings. The maximum absolute atomic E-state index is 12.6. The van der Waals surface area contributed by atoms with Crippen LogP contribution in [0.15, 0.2) is 78.9 Å². The summed E-state index contributed by atoms with van der Waals surface area (Å²) in [7, 11) is 1.27. The molecule has 0 aliphatic rings. The van der Waals surface area contributed by atoms with Gasteiger partial charge in [-0.05, 0) is 48.4 Å². The van der Waals surface area contributed by atoms with Crippen LogP contribution in [0.2, 0.25) is 0 Å². The number of urea groups is 1. The van der Waals surface area contributed by atoms with Gasteiger partial charge in [-0.3, -0.25) is 5.32 Å². The summed E-state index contributed by atoms with van der Waals surface area (Å²) in [6.07, 6.45) is -6.05. The Balaban J connectivity index is 0.000000860. The van der Waals surface area contributed by atoms with Gasteiger partial charge in [0.2, 0.25) is 0 Å². The lowest BCUT2D eigenvalue weighted by atomic mass is 10.0. The Bertz CT molecular complexity index is 1350. The molecule has 0 saturated carbocycles. The Morgan fingerprint density at radius 1 is 0.886 bits per heavy atom. The van der Waals surface area contributed by atoms with Gasteiger partial charge in [0.25, 0.3) is 0 Å². The van der Waals surface area contributed by atoms with E-state index in [-0.39, 0.29) is 25.8 Å². The molecule has 0 saturated heterocycles. The number of ether oxygens (including phenoxy) is 2. The van der Waals surface area contributed by atoms with Crippen molar-refractivity contribution in [3.63, 3.8) is 0 Å². The second kappa shape index (κ2) is 17.9. The number of para-hydroxylation sites is 2. The number of amides is 3. The van der Waals surface area contributed by atoms with E-state index in [4.69, 9.17) is 14.6 Å². The number of methoxy groups -OCH3 is 1. The van der Waals surface area contributed by atoms with E-state index in [0.717, 1.165) is 5.56 Å². The molecule has 3 amide bonds. The summed E-state index contributed by atoms with van der Waals surface area (Å²) in [5, 5.41) is 38.5. The number of halogens is 3. The van der Waals surface area contributed by atoms with Crippen molar-refractivity contribution in [1.29, 1.82) is 0 Å². The topological polar surface area (TPSA) is 178 Å². The SMILES string of the molecule is COC(=O)Nc1cccc(NC(=O)Nc2ccccc2C[C@@H](CO)NC[C@H](O)COc2ccccc2)c1.O=C(O)C(F)(F)F. The minimum absolute atomic E-state index is 0.115. The molecule has 3 aromatic carbocycles. The second-order valence-electron chi connectivity index (χ2n) is 9.01. The van der Waals surface area contributed by atoms with Gasteiger partial charge in [-0.25, -0.2) is 14.4 Å². The van der Waals surface area contributed by atoms with Gasteiger partial charge in [0, 0.05) is 29.6 Å². The molecule has 3 rings (SSSR count).